The van der Waals surface area contributed by atoms with Crippen molar-refractivity contribution in [3.8, 4) is 0 Å². The lowest BCUT2D eigenvalue weighted by molar-refractivity contribution is -0.115. The van der Waals surface area contributed by atoms with Crippen molar-refractivity contribution < 1.29 is 4.79 Å². The van der Waals surface area contributed by atoms with E-state index in [4.69, 9.17) is 12.2 Å². The third-order valence-electron chi connectivity index (χ3n) is 2.75. The first-order valence-corrected chi connectivity index (χ1v) is 6.51. The van der Waals surface area contributed by atoms with Gasteiger partial charge in [0.05, 0.1) is 6.42 Å². The Morgan fingerprint density at radius 2 is 1.68 bits per heavy atom. The van der Waals surface area contributed by atoms with Gasteiger partial charge in [-0.1, -0.05) is 60.2 Å². The van der Waals surface area contributed by atoms with Crippen LogP contribution in [0.4, 0.5) is 5.69 Å². The molecule has 0 aliphatic heterocycles. The van der Waals surface area contributed by atoms with E-state index in [-0.39, 0.29) is 12.3 Å². The molecule has 0 aliphatic rings. The van der Waals surface area contributed by atoms with Crippen LogP contribution in [0.2, 0.25) is 0 Å². The van der Waals surface area contributed by atoms with Gasteiger partial charge in [-0.05, 0) is 24.6 Å². The number of benzene rings is 2. The highest BCUT2D eigenvalue weighted by molar-refractivity contribution is 7.80. The summed E-state index contributed by atoms with van der Waals surface area (Å²) in [6, 6.07) is 17.3. The fourth-order valence-corrected chi connectivity index (χ4v) is 1.98. The second-order valence-corrected chi connectivity index (χ2v) is 4.87. The number of rotatable bonds is 4. The first-order valence-electron chi connectivity index (χ1n) is 6.10. The van der Waals surface area contributed by atoms with Gasteiger partial charge in [-0.15, -0.1) is 0 Å². The van der Waals surface area contributed by atoms with Crippen LogP contribution >= 0.6 is 12.2 Å². The molecule has 19 heavy (non-hydrogen) atoms. The summed E-state index contributed by atoms with van der Waals surface area (Å²) < 4.78 is 0. The van der Waals surface area contributed by atoms with E-state index in [9.17, 15) is 4.79 Å². The number of anilines is 1. The predicted octanol–water partition coefficient (Wildman–Crippen LogP) is 3.74. The molecule has 0 heterocycles. The van der Waals surface area contributed by atoms with Crippen LogP contribution in [0.25, 0.3) is 0 Å². The predicted molar refractivity (Wildman–Crippen MR) is 82.6 cm³/mol. The van der Waals surface area contributed by atoms with Crippen molar-refractivity contribution in [2.75, 3.05) is 5.32 Å². The lowest BCUT2D eigenvalue weighted by atomic mass is 10.1. The number of amides is 1. The van der Waals surface area contributed by atoms with Crippen LogP contribution in [0.3, 0.4) is 0 Å². The van der Waals surface area contributed by atoms with E-state index in [2.05, 4.69) is 5.32 Å². The van der Waals surface area contributed by atoms with Gasteiger partial charge in [0.1, 0.15) is 0 Å². The van der Waals surface area contributed by atoms with E-state index < -0.39 is 0 Å². The molecule has 0 fully saturated rings. The molecule has 2 aromatic rings. The van der Waals surface area contributed by atoms with Crippen LogP contribution < -0.4 is 5.32 Å². The van der Waals surface area contributed by atoms with Gasteiger partial charge in [0.15, 0.2) is 0 Å². The van der Waals surface area contributed by atoms with Gasteiger partial charge >= 0.3 is 0 Å². The molecule has 0 atom stereocenters. The van der Waals surface area contributed by atoms with Crippen molar-refractivity contribution in [3.63, 3.8) is 0 Å². The Morgan fingerprint density at radius 1 is 1.05 bits per heavy atom. The zero-order chi connectivity index (χ0) is 13.7. The second kappa shape index (κ2) is 6.25. The van der Waals surface area contributed by atoms with Crippen LogP contribution in [-0.4, -0.2) is 10.8 Å². The molecule has 1 N–H and O–H groups in total. The zero-order valence-corrected chi connectivity index (χ0v) is 11.5. The van der Waals surface area contributed by atoms with Gasteiger partial charge in [0.2, 0.25) is 5.91 Å². The minimum absolute atomic E-state index is 0.0855. The fraction of sp³-hybridized carbons (Fsp3) is 0.125. The fourth-order valence-electron chi connectivity index (χ4n) is 1.71. The van der Waals surface area contributed by atoms with Crippen LogP contribution in [0.5, 0.6) is 0 Å². The quantitative estimate of drug-likeness (QED) is 0.676. The molecule has 2 rings (SSSR count). The van der Waals surface area contributed by atoms with Crippen molar-refractivity contribution in [1.82, 2.24) is 0 Å². The number of nitrogens with one attached hydrogen (secondary N) is 1. The Hall–Kier alpha value is -2.00. The van der Waals surface area contributed by atoms with Gasteiger partial charge in [0, 0.05) is 10.6 Å². The number of hydrogen-bond donors (Lipinski definition) is 1. The van der Waals surface area contributed by atoms with Gasteiger partial charge < -0.3 is 5.32 Å². The summed E-state index contributed by atoms with van der Waals surface area (Å²) in [7, 11) is 0. The summed E-state index contributed by atoms with van der Waals surface area (Å²) in [5, 5.41) is 2.84. The Kier molecular flexibility index (Phi) is 4.42. The van der Waals surface area contributed by atoms with Crippen molar-refractivity contribution in [2.24, 2.45) is 0 Å². The first kappa shape index (κ1) is 13.4. The Bertz CT molecular complexity index is 575. The summed E-state index contributed by atoms with van der Waals surface area (Å²) in [6.07, 6.45) is 0.229. The van der Waals surface area contributed by atoms with E-state index in [1.165, 1.54) is 0 Å². The molecule has 3 heteroatoms. The molecule has 0 aromatic heterocycles. The highest BCUT2D eigenvalue weighted by atomic mass is 32.1. The van der Waals surface area contributed by atoms with Gasteiger partial charge in [-0.25, -0.2) is 0 Å². The van der Waals surface area contributed by atoms with E-state index in [1.54, 1.807) is 0 Å². The summed E-state index contributed by atoms with van der Waals surface area (Å²) in [5.74, 6) is -0.0855. The molecule has 0 bridgehead atoms. The average molecular weight is 269 g/mol. The van der Waals surface area contributed by atoms with Crippen molar-refractivity contribution >= 4 is 28.7 Å². The number of carbonyl (C=O) groups is 1. The topological polar surface area (TPSA) is 29.1 Å². The Balaban J connectivity index is 1.95. The normalized spacial score (nSPS) is 9.95. The Labute approximate surface area is 118 Å². The molecule has 0 spiro atoms. The number of thiocarbonyl (C=S) groups is 1. The summed E-state index contributed by atoms with van der Waals surface area (Å²) in [4.78, 5) is 12.5. The SMILES string of the molecule is Cc1ccc(NC(=O)CC(=S)c2ccccc2)cc1. The largest absolute Gasteiger partial charge is 0.326 e. The molecule has 0 radical (unpaired) electrons. The molecule has 0 unspecified atom stereocenters. The lowest BCUT2D eigenvalue weighted by Crippen LogP contribution is -2.15. The van der Waals surface area contributed by atoms with Crippen LogP contribution in [0.15, 0.2) is 54.6 Å². The van der Waals surface area contributed by atoms with Crippen molar-refractivity contribution in [1.29, 1.82) is 0 Å². The molecule has 0 saturated heterocycles. The Morgan fingerprint density at radius 3 is 2.32 bits per heavy atom. The minimum Gasteiger partial charge on any atom is -0.326 e. The maximum atomic E-state index is 11.9. The molecule has 0 aliphatic carbocycles. The maximum Gasteiger partial charge on any atom is 0.229 e. The van der Waals surface area contributed by atoms with E-state index in [0.29, 0.717) is 4.86 Å². The van der Waals surface area contributed by atoms with Gasteiger partial charge in [0.25, 0.3) is 0 Å². The smallest absolute Gasteiger partial charge is 0.229 e. The third kappa shape index (κ3) is 4.00. The van der Waals surface area contributed by atoms with E-state index in [1.807, 2.05) is 61.5 Å². The van der Waals surface area contributed by atoms with E-state index >= 15 is 0 Å². The molecule has 2 aromatic carbocycles. The summed E-state index contributed by atoms with van der Waals surface area (Å²) in [5.41, 5.74) is 2.89. The number of hydrogen-bond acceptors (Lipinski definition) is 2. The minimum atomic E-state index is -0.0855. The van der Waals surface area contributed by atoms with Crippen molar-refractivity contribution in [3.05, 3.63) is 65.7 Å². The van der Waals surface area contributed by atoms with Gasteiger partial charge in [-0.2, -0.15) is 0 Å². The van der Waals surface area contributed by atoms with Crippen molar-refractivity contribution in [2.45, 2.75) is 13.3 Å². The number of aryl methyl sites for hydroxylation is 1. The molecular formula is C16H15NOS. The molecule has 0 saturated carbocycles. The number of carbonyl (C=O) groups excluding carboxylic acids is 1. The third-order valence-corrected chi connectivity index (χ3v) is 3.13. The summed E-state index contributed by atoms with van der Waals surface area (Å²) >= 11 is 5.27. The lowest BCUT2D eigenvalue weighted by Gasteiger charge is -2.06. The first-order chi connectivity index (χ1) is 9.15. The van der Waals surface area contributed by atoms with Crippen LogP contribution in [0.1, 0.15) is 17.5 Å². The van der Waals surface area contributed by atoms with Crippen LogP contribution in [-0.2, 0) is 4.79 Å². The standard InChI is InChI=1S/C16H15NOS/c1-12-7-9-14(10-8-12)17-16(18)11-15(19)13-5-3-2-4-6-13/h2-10H,11H2,1H3,(H,17,18). The van der Waals surface area contributed by atoms with Gasteiger partial charge in [-0.3, -0.25) is 4.79 Å². The highest BCUT2D eigenvalue weighted by Gasteiger charge is 2.08. The second-order valence-electron chi connectivity index (χ2n) is 4.38. The maximum absolute atomic E-state index is 11.9. The van der Waals surface area contributed by atoms with E-state index in [0.717, 1.165) is 16.8 Å². The van der Waals surface area contributed by atoms with Crippen LogP contribution in [0, 0.1) is 6.92 Å². The average Bonchev–Trinajstić information content (AvgIpc) is 2.42. The molecule has 1 amide bonds. The molecule has 96 valence electrons. The monoisotopic (exact) mass is 269 g/mol. The highest BCUT2D eigenvalue weighted by Crippen LogP contribution is 2.10. The molecular weight excluding hydrogens is 254 g/mol. The summed E-state index contributed by atoms with van der Waals surface area (Å²) in [6.45, 7) is 2.01. The zero-order valence-electron chi connectivity index (χ0n) is 10.7. The molecule has 2 nitrogen and oxygen atoms in total.